The van der Waals surface area contributed by atoms with Gasteiger partial charge in [-0.3, -0.25) is 9.59 Å². The summed E-state index contributed by atoms with van der Waals surface area (Å²) in [5.41, 5.74) is 0.816. The van der Waals surface area contributed by atoms with Crippen LogP contribution >= 0.6 is 0 Å². The lowest BCUT2D eigenvalue weighted by Gasteiger charge is -2.34. The topological polar surface area (TPSA) is 93.2 Å². The van der Waals surface area contributed by atoms with Crippen LogP contribution in [0.4, 0.5) is 0 Å². The van der Waals surface area contributed by atoms with E-state index in [0.29, 0.717) is 37.1 Å². The summed E-state index contributed by atoms with van der Waals surface area (Å²) in [5.74, 6) is -1.33. The zero-order chi connectivity index (χ0) is 21.7. The van der Waals surface area contributed by atoms with Gasteiger partial charge in [0.25, 0.3) is 11.8 Å². The molecule has 0 radical (unpaired) electrons. The van der Waals surface area contributed by atoms with E-state index in [1.165, 1.54) is 14.2 Å². The van der Waals surface area contributed by atoms with Crippen LogP contribution in [0.5, 0.6) is 0 Å². The zero-order valence-electron chi connectivity index (χ0n) is 17.5. The Balaban J connectivity index is 1.75. The predicted molar refractivity (Wildman–Crippen MR) is 108 cm³/mol. The second kappa shape index (κ2) is 9.73. The zero-order valence-corrected chi connectivity index (χ0v) is 17.5. The Bertz CT molecular complexity index is 739. The molecule has 2 heterocycles. The van der Waals surface area contributed by atoms with Gasteiger partial charge in [-0.2, -0.15) is 0 Å². The van der Waals surface area contributed by atoms with Gasteiger partial charge in [-0.15, -0.1) is 0 Å². The number of nitrogens with zero attached hydrogens (tertiary/aromatic N) is 2. The smallest absolute Gasteiger partial charge is 0.328 e. The average molecular weight is 416 g/mol. The summed E-state index contributed by atoms with van der Waals surface area (Å²) in [6.07, 6.45) is 4.57. The maximum atomic E-state index is 13.0. The molecule has 0 saturated carbocycles. The number of hydrogen-bond donors (Lipinski definition) is 0. The number of esters is 2. The van der Waals surface area contributed by atoms with Gasteiger partial charge >= 0.3 is 11.9 Å². The van der Waals surface area contributed by atoms with E-state index in [4.69, 9.17) is 9.47 Å². The van der Waals surface area contributed by atoms with Crippen LogP contribution in [0.25, 0.3) is 0 Å². The van der Waals surface area contributed by atoms with Crippen LogP contribution in [0.1, 0.15) is 59.2 Å². The molecule has 30 heavy (non-hydrogen) atoms. The van der Waals surface area contributed by atoms with Crippen molar-refractivity contribution in [1.82, 2.24) is 9.80 Å². The highest BCUT2D eigenvalue weighted by Gasteiger charge is 2.35. The van der Waals surface area contributed by atoms with Crippen LogP contribution in [0.2, 0.25) is 0 Å². The van der Waals surface area contributed by atoms with E-state index in [9.17, 15) is 19.2 Å². The minimum atomic E-state index is -0.577. The number of rotatable bonds is 4. The number of carbonyl (C=O) groups is 4. The van der Waals surface area contributed by atoms with Crippen LogP contribution in [0.3, 0.4) is 0 Å². The molecule has 8 heteroatoms. The molecule has 2 amide bonds. The largest absolute Gasteiger partial charge is 0.467 e. The molecule has 2 unspecified atom stereocenters. The van der Waals surface area contributed by atoms with Gasteiger partial charge in [-0.25, -0.2) is 9.59 Å². The molecule has 2 fully saturated rings. The molecule has 0 N–H and O–H groups in total. The van der Waals surface area contributed by atoms with E-state index in [0.717, 1.165) is 25.7 Å². The fourth-order valence-electron chi connectivity index (χ4n) is 4.20. The van der Waals surface area contributed by atoms with Crippen molar-refractivity contribution >= 4 is 23.8 Å². The van der Waals surface area contributed by atoms with E-state index in [2.05, 4.69) is 0 Å². The number of carbonyl (C=O) groups excluding carboxylic acids is 4. The minimum absolute atomic E-state index is 0.255. The van der Waals surface area contributed by atoms with Crippen LogP contribution in [-0.2, 0) is 19.1 Å². The lowest BCUT2D eigenvalue weighted by Crippen LogP contribution is -2.48. The van der Waals surface area contributed by atoms with Crippen molar-refractivity contribution in [3.63, 3.8) is 0 Å². The highest BCUT2D eigenvalue weighted by molar-refractivity contribution is 6.00. The second-order valence-corrected chi connectivity index (χ2v) is 7.64. The van der Waals surface area contributed by atoms with Crippen molar-refractivity contribution in [1.29, 1.82) is 0 Å². The lowest BCUT2D eigenvalue weighted by atomic mass is 9.99. The van der Waals surface area contributed by atoms with E-state index < -0.39 is 24.0 Å². The van der Waals surface area contributed by atoms with Crippen molar-refractivity contribution in [2.24, 2.45) is 0 Å². The molecular weight excluding hydrogens is 388 g/mol. The molecule has 0 aliphatic carbocycles. The van der Waals surface area contributed by atoms with Gasteiger partial charge in [0.2, 0.25) is 0 Å². The van der Waals surface area contributed by atoms with Crippen molar-refractivity contribution in [3.8, 4) is 0 Å². The summed E-state index contributed by atoms with van der Waals surface area (Å²) in [4.78, 5) is 53.1. The van der Waals surface area contributed by atoms with Gasteiger partial charge in [0, 0.05) is 24.2 Å². The Kier molecular flexibility index (Phi) is 7.07. The van der Waals surface area contributed by atoms with E-state index >= 15 is 0 Å². The number of ether oxygens (including phenoxy) is 2. The molecule has 2 atom stereocenters. The molecule has 0 bridgehead atoms. The standard InChI is InChI=1S/C22H28N2O6/c1-29-21(27)17-7-3-5-13-23(17)19(25)15-9-11-16(12-10-15)20(26)24-14-6-4-8-18(24)22(28)30-2/h9-12,17-18H,3-8,13-14H2,1-2H3. The van der Waals surface area contributed by atoms with Crippen LogP contribution in [-0.4, -0.2) is 72.9 Å². The van der Waals surface area contributed by atoms with Crippen molar-refractivity contribution < 1.29 is 28.7 Å². The lowest BCUT2D eigenvalue weighted by molar-refractivity contribution is -0.147. The van der Waals surface area contributed by atoms with Crippen LogP contribution in [0.15, 0.2) is 24.3 Å². The van der Waals surface area contributed by atoms with Gasteiger partial charge < -0.3 is 19.3 Å². The number of benzene rings is 1. The highest BCUT2D eigenvalue weighted by atomic mass is 16.5. The summed E-state index contributed by atoms with van der Waals surface area (Å²) >= 11 is 0. The van der Waals surface area contributed by atoms with Crippen LogP contribution in [0, 0.1) is 0 Å². The first kappa shape index (κ1) is 21.8. The third-order valence-corrected chi connectivity index (χ3v) is 5.85. The van der Waals surface area contributed by atoms with Crippen molar-refractivity contribution in [2.45, 2.75) is 50.6 Å². The first-order valence-corrected chi connectivity index (χ1v) is 10.4. The van der Waals surface area contributed by atoms with Gasteiger partial charge in [0.05, 0.1) is 14.2 Å². The number of hydrogen-bond acceptors (Lipinski definition) is 6. The summed E-state index contributed by atoms with van der Waals surface area (Å²) in [6.45, 7) is 0.988. The molecule has 2 saturated heterocycles. The molecule has 0 aromatic heterocycles. The van der Waals surface area contributed by atoms with Gasteiger partial charge in [-0.05, 0) is 62.8 Å². The molecule has 8 nitrogen and oxygen atoms in total. The van der Waals surface area contributed by atoms with Gasteiger partial charge in [0.1, 0.15) is 12.1 Å². The van der Waals surface area contributed by atoms with Gasteiger partial charge in [-0.1, -0.05) is 0 Å². The molecule has 0 spiro atoms. The molecule has 3 rings (SSSR count). The summed E-state index contributed by atoms with van der Waals surface area (Å²) < 4.78 is 9.68. The number of piperidine rings is 2. The molecule has 1 aromatic rings. The van der Waals surface area contributed by atoms with Crippen molar-refractivity contribution in [2.75, 3.05) is 27.3 Å². The Labute approximate surface area is 176 Å². The second-order valence-electron chi connectivity index (χ2n) is 7.64. The first-order valence-electron chi connectivity index (χ1n) is 10.4. The first-order chi connectivity index (χ1) is 14.5. The molecular formula is C22H28N2O6. The summed E-state index contributed by atoms with van der Waals surface area (Å²) in [7, 11) is 2.64. The maximum Gasteiger partial charge on any atom is 0.328 e. The summed E-state index contributed by atoms with van der Waals surface area (Å²) in [6, 6.07) is 5.22. The molecule has 2 aliphatic heterocycles. The van der Waals surface area contributed by atoms with E-state index in [1.54, 1.807) is 34.1 Å². The number of methoxy groups -OCH3 is 2. The SMILES string of the molecule is COC(=O)C1CCCCN1C(=O)c1ccc(C(=O)N2CCCCC2C(=O)OC)cc1. The Hall–Kier alpha value is -2.90. The molecule has 2 aliphatic rings. The van der Waals surface area contributed by atoms with Crippen LogP contribution < -0.4 is 0 Å². The van der Waals surface area contributed by atoms with Crippen molar-refractivity contribution in [3.05, 3.63) is 35.4 Å². The Morgan fingerprint density at radius 3 is 1.40 bits per heavy atom. The fraction of sp³-hybridized carbons (Fsp3) is 0.545. The fourth-order valence-corrected chi connectivity index (χ4v) is 4.20. The summed E-state index contributed by atoms with van der Waals surface area (Å²) in [5, 5.41) is 0. The predicted octanol–water partition coefficient (Wildman–Crippen LogP) is 2.02. The molecule has 162 valence electrons. The number of likely N-dealkylation sites (tertiary alicyclic amines) is 2. The quantitative estimate of drug-likeness (QED) is 0.697. The van der Waals surface area contributed by atoms with Gasteiger partial charge in [0.15, 0.2) is 0 Å². The molecule has 1 aromatic carbocycles. The number of amides is 2. The third-order valence-electron chi connectivity index (χ3n) is 5.85. The highest BCUT2D eigenvalue weighted by Crippen LogP contribution is 2.23. The minimum Gasteiger partial charge on any atom is -0.467 e. The van der Waals surface area contributed by atoms with E-state index in [-0.39, 0.29) is 11.8 Å². The Morgan fingerprint density at radius 1 is 0.700 bits per heavy atom. The maximum absolute atomic E-state index is 13.0. The Morgan fingerprint density at radius 2 is 1.07 bits per heavy atom. The monoisotopic (exact) mass is 416 g/mol. The van der Waals surface area contributed by atoms with E-state index in [1.807, 2.05) is 0 Å². The normalized spacial score (nSPS) is 21.7. The third kappa shape index (κ3) is 4.47. The average Bonchev–Trinajstić information content (AvgIpc) is 2.82.